The van der Waals surface area contributed by atoms with E-state index in [9.17, 15) is 4.79 Å². The summed E-state index contributed by atoms with van der Waals surface area (Å²) in [5.41, 5.74) is 1.45. The van der Waals surface area contributed by atoms with Crippen molar-refractivity contribution in [3.05, 3.63) is 40.6 Å². The third-order valence-corrected chi connectivity index (χ3v) is 4.25. The molecule has 24 heavy (non-hydrogen) atoms. The molecule has 1 N–H and O–H groups in total. The quantitative estimate of drug-likeness (QED) is 0.871. The molecule has 1 aliphatic heterocycles. The van der Waals surface area contributed by atoms with E-state index in [4.69, 9.17) is 16.3 Å². The Morgan fingerprint density at radius 3 is 3.08 bits per heavy atom. The number of carbonyl (C=O) groups excluding carboxylic acids is 1. The molecular formula is C17H21ClN4O2. The number of amides is 1. The van der Waals surface area contributed by atoms with Crippen molar-refractivity contribution in [3.63, 3.8) is 0 Å². The molecule has 0 bridgehead atoms. The highest BCUT2D eigenvalue weighted by atomic mass is 35.5. The number of aromatic nitrogens is 3. The van der Waals surface area contributed by atoms with Crippen LogP contribution in [-0.2, 0) is 19.4 Å². The van der Waals surface area contributed by atoms with Crippen molar-refractivity contribution < 1.29 is 9.53 Å². The minimum Gasteiger partial charge on any atom is -0.477 e. The Kier molecular flexibility index (Phi) is 5.35. The van der Waals surface area contributed by atoms with E-state index >= 15 is 0 Å². The van der Waals surface area contributed by atoms with Gasteiger partial charge in [0.15, 0.2) is 0 Å². The molecule has 0 saturated carbocycles. The van der Waals surface area contributed by atoms with Crippen molar-refractivity contribution in [2.24, 2.45) is 0 Å². The molecule has 7 heteroatoms. The van der Waals surface area contributed by atoms with E-state index in [0.29, 0.717) is 36.0 Å². The summed E-state index contributed by atoms with van der Waals surface area (Å²) in [7, 11) is 0. The van der Waals surface area contributed by atoms with Gasteiger partial charge < -0.3 is 14.6 Å². The van der Waals surface area contributed by atoms with Crippen LogP contribution in [0.4, 0.5) is 0 Å². The molecule has 2 aromatic rings. The first-order chi connectivity index (χ1) is 11.7. The molecular weight excluding hydrogens is 328 g/mol. The summed E-state index contributed by atoms with van der Waals surface area (Å²) in [6, 6.07) is 1.57. The molecule has 0 unspecified atom stereocenters. The first kappa shape index (κ1) is 16.8. The second kappa shape index (κ2) is 7.66. The third-order valence-electron chi connectivity index (χ3n) is 3.98. The Morgan fingerprint density at radius 2 is 2.33 bits per heavy atom. The summed E-state index contributed by atoms with van der Waals surface area (Å²) in [6.07, 6.45) is 7.74. The Labute approximate surface area is 146 Å². The van der Waals surface area contributed by atoms with Gasteiger partial charge in [0, 0.05) is 38.3 Å². The van der Waals surface area contributed by atoms with Gasteiger partial charge >= 0.3 is 0 Å². The van der Waals surface area contributed by atoms with Crippen molar-refractivity contribution in [2.75, 3.05) is 13.2 Å². The van der Waals surface area contributed by atoms with Crippen LogP contribution in [0.2, 0.25) is 5.02 Å². The van der Waals surface area contributed by atoms with Crippen LogP contribution in [0, 0.1) is 0 Å². The smallest absolute Gasteiger partial charge is 0.252 e. The number of ether oxygens (including phenoxy) is 1. The van der Waals surface area contributed by atoms with Gasteiger partial charge in [-0.15, -0.1) is 0 Å². The van der Waals surface area contributed by atoms with Gasteiger partial charge in [-0.3, -0.25) is 4.79 Å². The van der Waals surface area contributed by atoms with E-state index in [1.165, 1.54) is 19.0 Å². The van der Waals surface area contributed by atoms with Crippen molar-refractivity contribution in [1.29, 1.82) is 0 Å². The van der Waals surface area contributed by atoms with Gasteiger partial charge in [0.05, 0.1) is 17.9 Å². The molecule has 0 fully saturated rings. The van der Waals surface area contributed by atoms with Gasteiger partial charge in [0.1, 0.15) is 10.8 Å². The number of carbonyl (C=O) groups is 1. The van der Waals surface area contributed by atoms with E-state index in [-0.39, 0.29) is 5.91 Å². The fourth-order valence-electron chi connectivity index (χ4n) is 2.79. The van der Waals surface area contributed by atoms with Gasteiger partial charge in [-0.25, -0.2) is 9.97 Å². The van der Waals surface area contributed by atoms with Crippen LogP contribution in [-0.4, -0.2) is 33.6 Å². The zero-order chi connectivity index (χ0) is 16.9. The summed E-state index contributed by atoms with van der Waals surface area (Å²) in [5.74, 6) is 1.31. The molecule has 128 valence electrons. The van der Waals surface area contributed by atoms with E-state index in [0.717, 1.165) is 24.5 Å². The SMILES string of the molecule is CCOc1ncc(C(=O)NCCc2cn3c(n2)CCCC3)cc1Cl. The van der Waals surface area contributed by atoms with E-state index in [1.807, 2.05) is 6.92 Å². The molecule has 0 atom stereocenters. The number of aryl methyl sites for hydroxylation is 2. The van der Waals surface area contributed by atoms with E-state index in [1.54, 1.807) is 6.07 Å². The second-order valence-corrected chi connectivity index (χ2v) is 6.16. The normalized spacial score (nSPS) is 13.4. The van der Waals surface area contributed by atoms with Crippen molar-refractivity contribution in [3.8, 4) is 5.88 Å². The number of nitrogens with zero attached hydrogens (tertiary/aromatic N) is 3. The minimum absolute atomic E-state index is 0.198. The van der Waals surface area contributed by atoms with Gasteiger partial charge in [0.25, 0.3) is 5.91 Å². The molecule has 0 aromatic carbocycles. The van der Waals surface area contributed by atoms with Crippen LogP contribution in [0.1, 0.15) is 41.6 Å². The van der Waals surface area contributed by atoms with Crippen LogP contribution in [0.25, 0.3) is 0 Å². The predicted molar refractivity (Wildman–Crippen MR) is 91.6 cm³/mol. The highest BCUT2D eigenvalue weighted by Gasteiger charge is 2.13. The highest BCUT2D eigenvalue weighted by Crippen LogP contribution is 2.22. The lowest BCUT2D eigenvalue weighted by Gasteiger charge is -2.11. The number of imidazole rings is 1. The van der Waals surface area contributed by atoms with E-state index in [2.05, 4.69) is 26.0 Å². The van der Waals surface area contributed by atoms with E-state index < -0.39 is 0 Å². The van der Waals surface area contributed by atoms with Crippen molar-refractivity contribution >= 4 is 17.5 Å². The molecule has 0 saturated heterocycles. The molecule has 6 nitrogen and oxygen atoms in total. The zero-order valence-electron chi connectivity index (χ0n) is 13.7. The molecule has 0 aliphatic carbocycles. The summed E-state index contributed by atoms with van der Waals surface area (Å²) in [4.78, 5) is 20.9. The van der Waals surface area contributed by atoms with Crippen molar-refractivity contribution in [2.45, 2.75) is 39.2 Å². The first-order valence-corrected chi connectivity index (χ1v) is 8.66. The van der Waals surface area contributed by atoms with Crippen LogP contribution in [0.3, 0.4) is 0 Å². The molecule has 3 heterocycles. The zero-order valence-corrected chi connectivity index (χ0v) is 14.5. The summed E-state index contributed by atoms with van der Waals surface area (Å²) < 4.78 is 7.48. The molecule has 0 radical (unpaired) electrons. The molecule has 0 spiro atoms. The lowest BCUT2D eigenvalue weighted by atomic mass is 10.2. The van der Waals surface area contributed by atoms with Gasteiger partial charge in [-0.05, 0) is 25.8 Å². The maximum absolute atomic E-state index is 12.2. The van der Waals surface area contributed by atoms with Crippen molar-refractivity contribution in [1.82, 2.24) is 19.9 Å². The number of hydrogen-bond acceptors (Lipinski definition) is 4. The van der Waals surface area contributed by atoms with Crippen LogP contribution < -0.4 is 10.1 Å². The van der Waals surface area contributed by atoms with Crippen LogP contribution >= 0.6 is 11.6 Å². The Hall–Kier alpha value is -2.08. The standard InChI is InChI=1S/C17H21ClN4O2/c1-2-24-17-14(18)9-12(10-20-17)16(23)19-7-6-13-11-22-8-4-3-5-15(22)21-13/h9-11H,2-8H2,1H3,(H,19,23). The predicted octanol–water partition coefficient (Wildman–Crippen LogP) is 2.64. The minimum atomic E-state index is -0.198. The Morgan fingerprint density at radius 1 is 1.46 bits per heavy atom. The lowest BCUT2D eigenvalue weighted by Crippen LogP contribution is -2.26. The summed E-state index contributed by atoms with van der Waals surface area (Å²) in [6.45, 7) is 3.91. The fraction of sp³-hybridized carbons (Fsp3) is 0.471. The monoisotopic (exact) mass is 348 g/mol. The molecule has 2 aromatic heterocycles. The summed E-state index contributed by atoms with van der Waals surface area (Å²) >= 11 is 6.06. The van der Waals surface area contributed by atoms with Gasteiger partial charge in [-0.1, -0.05) is 11.6 Å². The number of rotatable bonds is 6. The van der Waals surface area contributed by atoms with Gasteiger partial charge in [-0.2, -0.15) is 0 Å². The first-order valence-electron chi connectivity index (χ1n) is 8.29. The Bertz CT molecular complexity index is 706. The molecule has 3 rings (SSSR count). The number of fused-ring (bicyclic) bond motifs is 1. The largest absolute Gasteiger partial charge is 0.477 e. The maximum Gasteiger partial charge on any atom is 0.252 e. The number of hydrogen-bond donors (Lipinski definition) is 1. The van der Waals surface area contributed by atoms with Crippen LogP contribution in [0.15, 0.2) is 18.5 Å². The average Bonchev–Trinajstić information content (AvgIpc) is 2.99. The molecule has 1 aliphatic rings. The topological polar surface area (TPSA) is 69.0 Å². The lowest BCUT2D eigenvalue weighted by molar-refractivity contribution is 0.0953. The van der Waals surface area contributed by atoms with Crippen LogP contribution in [0.5, 0.6) is 5.88 Å². The molecule has 1 amide bonds. The Balaban J connectivity index is 1.54. The number of pyridine rings is 1. The van der Waals surface area contributed by atoms with Gasteiger partial charge in [0.2, 0.25) is 5.88 Å². The fourth-order valence-corrected chi connectivity index (χ4v) is 3.01. The number of halogens is 1. The second-order valence-electron chi connectivity index (χ2n) is 5.75. The highest BCUT2D eigenvalue weighted by molar-refractivity contribution is 6.32. The number of nitrogens with one attached hydrogen (secondary N) is 1. The average molecular weight is 349 g/mol. The summed E-state index contributed by atoms with van der Waals surface area (Å²) in [5, 5.41) is 3.22. The maximum atomic E-state index is 12.2. The third kappa shape index (κ3) is 3.87.